The molecule has 1 aliphatic rings. The molecule has 2 rings (SSSR count). The van der Waals surface area contributed by atoms with Gasteiger partial charge >= 0.3 is 0 Å². The second kappa shape index (κ2) is 7.94. The van der Waals surface area contributed by atoms with Crippen LogP contribution in [-0.4, -0.2) is 22.0 Å². The van der Waals surface area contributed by atoms with Crippen LogP contribution in [0.2, 0.25) is 0 Å². The van der Waals surface area contributed by atoms with Crippen molar-refractivity contribution in [3.8, 4) is 0 Å². The molecule has 1 aromatic rings. The van der Waals surface area contributed by atoms with Gasteiger partial charge in [0.2, 0.25) is 0 Å². The maximum atomic E-state index is 12.8. The Morgan fingerprint density at radius 2 is 1.95 bits per heavy atom. The fourth-order valence-electron chi connectivity index (χ4n) is 3.21. The summed E-state index contributed by atoms with van der Waals surface area (Å²) in [7, 11) is -0.774. The summed E-state index contributed by atoms with van der Waals surface area (Å²) in [6.07, 6.45) is 4.80. The van der Waals surface area contributed by atoms with Gasteiger partial charge in [-0.1, -0.05) is 50.6 Å². The van der Waals surface area contributed by atoms with Gasteiger partial charge in [-0.2, -0.15) is 0 Å². The lowest BCUT2D eigenvalue weighted by Crippen LogP contribution is -2.46. The summed E-state index contributed by atoms with van der Waals surface area (Å²) in [6.45, 7) is 5.37. The van der Waals surface area contributed by atoms with Crippen LogP contribution in [0.15, 0.2) is 30.3 Å². The molecule has 0 saturated heterocycles. The summed E-state index contributed by atoms with van der Waals surface area (Å²) in [4.78, 5) is 0. The molecule has 1 aromatic carbocycles. The standard InChI is InChI=1S/C17H27NOS/c1-3-14-10-11-16(18-4-2)17(12-14)20(19)13-15-8-6-5-7-9-15/h5-9,14,16-18H,3-4,10-13H2,1-2H3. The summed E-state index contributed by atoms with van der Waals surface area (Å²) in [6, 6.07) is 10.7. The molecule has 2 nitrogen and oxygen atoms in total. The summed E-state index contributed by atoms with van der Waals surface area (Å²) in [5, 5.41) is 3.87. The first-order valence-electron chi connectivity index (χ1n) is 7.89. The molecule has 20 heavy (non-hydrogen) atoms. The van der Waals surface area contributed by atoms with Crippen molar-refractivity contribution in [2.24, 2.45) is 5.92 Å². The zero-order chi connectivity index (χ0) is 14.4. The number of rotatable bonds is 6. The van der Waals surface area contributed by atoms with Crippen LogP contribution in [0, 0.1) is 5.92 Å². The summed E-state index contributed by atoms with van der Waals surface area (Å²) in [5.41, 5.74) is 1.19. The lowest BCUT2D eigenvalue weighted by Gasteiger charge is -2.35. The van der Waals surface area contributed by atoms with Crippen LogP contribution in [-0.2, 0) is 16.6 Å². The Balaban J connectivity index is 2.03. The first kappa shape index (κ1) is 15.7. The number of nitrogens with one attached hydrogen (secondary N) is 1. The average Bonchev–Trinajstić information content (AvgIpc) is 2.49. The SMILES string of the molecule is CCNC1CCC(CC)CC1S(=O)Cc1ccccc1. The highest BCUT2D eigenvalue weighted by Crippen LogP contribution is 2.31. The highest BCUT2D eigenvalue weighted by Gasteiger charge is 2.33. The van der Waals surface area contributed by atoms with Crippen LogP contribution in [0.5, 0.6) is 0 Å². The molecule has 0 radical (unpaired) electrons. The quantitative estimate of drug-likeness (QED) is 0.870. The van der Waals surface area contributed by atoms with Gasteiger partial charge in [-0.15, -0.1) is 0 Å². The Labute approximate surface area is 125 Å². The molecule has 112 valence electrons. The Kier molecular flexibility index (Phi) is 6.24. The Hall–Kier alpha value is -0.670. The van der Waals surface area contributed by atoms with E-state index < -0.39 is 10.8 Å². The number of benzene rings is 1. The third-order valence-electron chi connectivity index (χ3n) is 4.43. The normalized spacial score (nSPS) is 28.2. The minimum Gasteiger partial charge on any atom is -0.313 e. The maximum Gasteiger partial charge on any atom is 0.0507 e. The maximum absolute atomic E-state index is 12.8. The van der Waals surface area contributed by atoms with E-state index in [4.69, 9.17) is 0 Å². The average molecular weight is 293 g/mol. The lowest BCUT2D eigenvalue weighted by atomic mass is 9.84. The van der Waals surface area contributed by atoms with Gasteiger partial charge in [0.1, 0.15) is 0 Å². The molecule has 0 bridgehead atoms. The third kappa shape index (κ3) is 4.16. The largest absolute Gasteiger partial charge is 0.313 e. The van der Waals surface area contributed by atoms with Gasteiger partial charge in [0.25, 0.3) is 0 Å². The smallest absolute Gasteiger partial charge is 0.0507 e. The minimum absolute atomic E-state index is 0.314. The van der Waals surface area contributed by atoms with Crippen molar-refractivity contribution in [1.82, 2.24) is 5.32 Å². The highest BCUT2D eigenvalue weighted by atomic mass is 32.2. The van der Waals surface area contributed by atoms with Crippen LogP contribution >= 0.6 is 0 Å². The molecule has 3 heteroatoms. The van der Waals surface area contributed by atoms with Gasteiger partial charge < -0.3 is 5.32 Å². The van der Waals surface area contributed by atoms with E-state index in [0.717, 1.165) is 18.9 Å². The van der Waals surface area contributed by atoms with E-state index in [0.29, 0.717) is 17.0 Å². The first-order valence-corrected chi connectivity index (χ1v) is 9.27. The molecule has 1 fully saturated rings. The summed E-state index contributed by atoms with van der Waals surface area (Å²) >= 11 is 0. The second-order valence-corrected chi connectivity index (χ2v) is 7.46. The Morgan fingerprint density at radius 3 is 2.60 bits per heavy atom. The molecule has 4 unspecified atom stereocenters. The van der Waals surface area contributed by atoms with Crippen molar-refractivity contribution in [3.05, 3.63) is 35.9 Å². The van der Waals surface area contributed by atoms with E-state index in [1.807, 2.05) is 18.2 Å². The number of hydrogen-bond acceptors (Lipinski definition) is 2. The van der Waals surface area contributed by atoms with Crippen molar-refractivity contribution in [2.75, 3.05) is 6.54 Å². The Morgan fingerprint density at radius 1 is 1.20 bits per heavy atom. The van der Waals surface area contributed by atoms with Crippen molar-refractivity contribution in [2.45, 2.75) is 56.6 Å². The zero-order valence-corrected chi connectivity index (χ0v) is 13.5. The van der Waals surface area contributed by atoms with Gasteiger partial charge in [0, 0.05) is 22.6 Å². The first-order chi connectivity index (χ1) is 9.74. The van der Waals surface area contributed by atoms with Crippen molar-refractivity contribution >= 4 is 10.8 Å². The number of hydrogen-bond donors (Lipinski definition) is 1. The van der Waals surface area contributed by atoms with E-state index in [-0.39, 0.29) is 0 Å². The van der Waals surface area contributed by atoms with Crippen molar-refractivity contribution < 1.29 is 4.21 Å². The lowest BCUT2D eigenvalue weighted by molar-refractivity contribution is 0.294. The molecule has 1 N–H and O–H groups in total. The van der Waals surface area contributed by atoms with E-state index >= 15 is 0 Å². The molecule has 0 aliphatic heterocycles. The fourth-order valence-corrected chi connectivity index (χ4v) is 5.03. The molecular formula is C17H27NOS. The van der Waals surface area contributed by atoms with Crippen LogP contribution in [0.25, 0.3) is 0 Å². The summed E-state index contributed by atoms with van der Waals surface area (Å²) in [5.74, 6) is 1.46. The van der Waals surface area contributed by atoms with E-state index in [1.54, 1.807) is 0 Å². The fraction of sp³-hybridized carbons (Fsp3) is 0.647. The zero-order valence-electron chi connectivity index (χ0n) is 12.7. The monoisotopic (exact) mass is 293 g/mol. The Bertz CT molecular complexity index is 420. The predicted octanol–water partition coefficient (Wildman–Crippen LogP) is 3.49. The molecule has 4 atom stereocenters. The summed E-state index contributed by atoms with van der Waals surface area (Å²) < 4.78 is 12.8. The topological polar surface area (TPSA) is 29.1 Å². The second-order valence-electron chi connectivity index (χ2n) is 5.80. The van der Waals surface area contributed by atoms with Crippen LogP contribution in [0.4, 0.5) is 0 Å². The molecule has 0 aromatic heterocycles. The van der Waals surface area contributed by atoms with Crippen LogP contribution in [0.1, 0.15) is 45.1 Å². The van der Waals surface area contributed by atoms with Crippen LogP contribution < -0.4 is 5.32 Å². The van der Waals surface area contributed by atoms with Gasteiger partial charge in [-0.3, -0.25) is 4.21 Å². The van der Waals surface area contributed by atoms with E-state index in [2.05, 4.69) is 31.3 Å². The molecule has 0 amide bonds. The molecule has 0 spiro atoms. The van der Waals surface area contributed by atoms with E-state index in [9.17, 15) is 4.21 Å². The molecule has 1 saturated carbocycles. The van der Waals surface area contributed by atoms with Gasteiger partial charge in [0.05, 0.1) is 5.25 Å². The van der Waals surface area contributed by atoms with E-state index in [1.165, 1.54) is 24.8 Å². The molecule has 0 heterocycles. The van der Waals surface area contributed by atoms with Crippen molar-refractivity contribution in [3.63, 3.8) is 0 Å². The van der Waals surface area contributed by atoms with Gasteiger partial charge in [-0.05, 0) is 37.3 Å². The van der Waals surface area contributed by atoms with Gasteiger partial charge in [-0.25, -0.2) is 0 Å². The van der Waals surface area contributed by atoms with Crippen molar-refractivity contribution in [1.29, 1.82) is 0 Å². The molecular weight excluding hydrogens is 266 g/mol. The van der Waals surface area contributed by atoms with Crippen LogP contribution in [0.3, 0.4) is 0 Å². The minimum atomic E-state index is -0.774. The third-order valence-corrected chi connectivity index (χ3v) is 6.25. The molecule has 1 aliphatic carbocycles. The highest BCUT2D eigenvalue weighted by molar-refractivity contribution is 7.84. The predicted molar refractivity (Wildman–Crippen MR) is 87.2 cm³/mol. The van der Waals surface area contributed by atoms with Gasteiger partial charge in [0.15, 0.2) is 0 Å².